The molecule has 11 heteroatoms. The van der Waals surface area contributed by atoms with Crippen molar-refractivity contribution in [3.05, 3.63) is 98.4 Å². The van der Waals surface area contributed by atoms with Crippen LogP contribution < -0.4 is 15.5 Å². The van der Waals surface area contributed by atoms with E-state index in [1.165, 1.54) is 16.7 Å². The molecule has 40 heavy (non-hydrogen) atoms. The minimum atomic E-state index is -0.675. The second kappa shape index (κ2) is 10.5. The van der Waals surface area contributed by atoms with E-state index in [1.54, 1.807) is 10.8 Å². The number of carbonyl (C=O) groups is 1. The van der Waals surface area contributed by atoms with Gasteiger partial charge >= 0.3 is 5.91 Å². The Hall–Kier alpha value is -4.09. The molecular formula is C29H26F2N5O3S+. The first-order valence-corrected chi connectivity index (χ1v) is 13.7. The van der Waals surface area contributed by atoms with Crippen LogP contribution in [0.4, 0.5) is 8.78 Å². The van der Waals surface area contributed by atoms with Gasteiger partial charge in [-0.1, -0.05) is 47.7 Å². The molecule has 0 atom stereocenters. The second-order valence-corrected chi connectivity index (χ2v) is 11.1. The molecule has 2 aromatic heterocycles. The van der Waals surface area contributed by atoms with Gasteiger partial charge in [-0.25, -0.2) is 13.6 Å². The van der Waals surface area contributed by atoms with Crippen LogP contribution >= 0.6 is 11.3 Å². The van der Waals surface area contributed by atoms with Gasteiger partial charge in [0.15, 0.2) is 10.5 Å². The van der Waals surface area contributed by atoms with Crippen LogP contribution in [0.5, 0.6) is 5.75 Å². The minimum Gasteiger partial charge on any atom is -0.482 e. The topological polar surface area (TPSA) is 89.1 Å². The third kappa shape index (κ3) is 4.75. The Morgan fingerprint density at radius 1 is 1.10 bits per heavy atom. The standard InChI is InChI=1S/C29H26F2N5O3S/c1-35-28(38)24-26(39-16-18-5-3-2-4-6-18)25(37)21(15-36(24)17-29(35)9-11-32-12-10-29)27-34-33-23(40-27)13-19-7-8-20(30)14-22(19)31/h2-8,14-15,32H,1,9-13,16-17H2/q+1. The molecule has 1 N–H and O–H groups in total. The van der Waals surface area contributed by atoms with Crippen LogP contribution in [0.1, 0.15) is 39.5 Å². The molecule has 0 saturated carbocycles. The largest absolute Gasteiger partial charge is 0.482 e. The zero-order valence-corrected chi connectivity index (χ0v) is 22.3. The highest BCUT2D eigenvalue weighted by atomic mass is 32.1. The maximum Gasteiger partial charge on any atom is 0.440 e. The minimum absolute atomic E-state index is 0.0647. The number of pyridine rings is 1. The highest BCUT2D eigenvalue weighted by Gasteiger charge is 2.51. The summed E-state index contributed by atoms with van der Waals surface area (Å²) in [7, 11) is 0. The van der Waals surface area contributed by atoms with Gasteiger partial charge in [-0.3, -0.25) is 4.79 Å². The number of nitrogens with zero attached hydrogens (tertiary/aromatic N) is 4. The summed E-state index contributed by atoms with van der Waals surface area (Å²) in [4.78, 5) is 27.5. The number of rotatable bonds is 6. The predicted octanol–water partition coefficient (Wildman–Crippen LogP) is 3.80. The maximum absolute atomic E-state index is 14.2. The van der Waals surface area contributed by atoms with Crippen molar-refractivity contribution in [1.82, 2.24) is 20.1 Å². The first kappa shape index (κ1) is 26.1. The summed E-state index contributed by atoms with van der Waals surface area (Å²) in [5, 5.41) is 12.5. The summed E-state index contributed by atoms with van der Waals surface area (Å²) in [5.41, 5.74) is 0.528. The molecule has 2 aliphatic heterocycles. The van der Waals surface area contributed by atoms with E-state index < -0.39 is 22.6 Å². The van der Waals surface area contributed by atoms with Gasteiger partial charge in [-0.15, -0.1) is 10.2 Å². The Morgan fingerprint density at radius 2 is 1.88 bits per heavy atom. The van der Waals surface area contributed by atoms with Crippen molar-refractivity contribution in [2.45, 2.75) is 38.0 Å². The molecule has 0 aliphatic carbocycles. The van der Waals surface area contributed by atoms with Crippen LogP contribution in [0.15, 0.2) is 59.5 Å². The Labute approximate surface area is 232 Å². The van der Waals surface area contributed by atoms with Crippen molar-refractivity contribution in [3.63, 3.8) is 0 Å². The molecule has 2 aliphatic rings. The van der Waals surface area contributed by atoms with Crippen LogP contribution in [-0.4, -0.2) is 50.6 Å². The molecule has 1 spiro atoms. The Bertz CT molecular complexity index is 1680. The van der Waals surface area contributed by atoms with Crippen LogP contribution in [-0.2, 0) is 19.6 Å². The molecule has 8 nitrogen and oxygen atoms in total. The Kier molecular flexibility index (Phi) is 6.85. The third-order valence-corrected chi connectivity index (χ3v) is 8.49. The summed E-state index contributed by atoms with van der Waals surface area (Å²) in [5.74, 6) is -1.77. The van der Waals surface area contributed by atoms with Gasteiger partial charge in [0, 0.05) is 44.6 Å². The van der Waals surface area contributed by atoms with Crippen molar-refractivity contribution in [3.8, 4) is 16.3 Å². The molecule has 1 fully saturated rings. The lowest BCUT2D eigenvalue weighted by molar-refractivity contribution is -0.527. The molecule has 1 amide bonds. The van der Waals surface area contributed by atoms with E-state index in [4.69, 9.17) is 4.74 Å². The number of benzene rings is 2. The molecular weight excluding hydrogens is 536 g/mol. The van der Waals surface area contributed by atoms with Gasteiger partial charge < -0.3 is 14.6 Å². The fourth-order valence-electron chi connectivity index (χ4n) is 5.33. The summed E-state index contributed by atoms with van der Waals surface area (Å²) in [6.45, 7) is 6.13. The third-order valence-electron chi connectivity index (χ3n) is 7.54. The Morgan fingerprint density at radius 3 is 2.62 bits per heavy atom. The lowest BCUT2D eigenvalue weighted by Gasteiger charge is -2.37. The van der Waals surface area contributed by atoms with Gasteiger partial charge in [0.1, 0.15) is 30.0 Å². The van der Waals surface area contributed by atoms with Gasteiger partial charge in [0.05, 0.1) is 12.1 Å². The molecule has 204 valence electrons. The molecule has 0 unspecified atom stereocenters. The smallest absolute Gasteiger partial charge is 0.440 e. The lowest BCUT2D eigenvalue weighted by Crippen LogP contribution is -2.57. The van der Waals surface area contributed by atoms with E-state index in [9.17, 15) is 18.4 Å². The van der Waals surface area contributed by atoms with E-state index in [0.717, 1.165) is 48.9 Å². The van der Waals surface area contributed by atoms with E-state index >= 15 is 0 Å². The number of nitrogens with one attached hydrogen (secondary N) is 1. The number of ether oxygens (including phenoxy) is 1. The number of piperidine rings is 1. The van der Waals surface area contributed by atoms with Crippen molar-refractivity contribution >= 4 is 24.0 Å². The van der Waals surface area contributed by atoms with Gasteiger partial charge in [0.25, 0.3) is 0 Å². The van der Waals surface area contributed by atoms with Crippen LogP contribution in [0, 0.1) is 11.6 Å². The average molecular weight is 563 g/mol. The number of hydrogen-bond acceptors (Lipinski definition) is 7. The zero-order valence-electron chi connectivity index (χ0n) is 21.5. The van der Waals surface area contributed by atoms with E-state index in [0.29, 0.717) is 16.6 Å². The molecule has 2 aromatic carbocycles. The normalized spacial score (nSPS) is 16.2. The van der Waals surface area contributed by atoms with E-state index in [2.05, 4.69) is 22.2 Å². The number of halogens is 2. The summed E-state index contributed by atoms with van der Waals surface area (Å²) in [6, 6.07) is 12.7. The van der Waals surface area contributed by atoms with Gasteiger partial charge in [-0.05, 0) is 17.2 Å². The van der Waals surface area contributed by atoms with Crippen LogP contribution in [0.25, 0.3) is 10.6 Å². The fourth-order valence-corrected chi connectivity index (χ4v) is 6.20. The number of hydrogen-bond donors (Lipinski definition) is 1. The lowest BCUT2D eigenvalue weighted by atomic mass is 9.85. The molecule has 0 bridgehead atoms. The highest BCUT2D eigenvalue weighted by Crippen LogP contribution is 2.35. The Balaban J connectivity index is 1.42. The maximum atomic E-state index is 14.2. The summed E-state index contributed by atoms with van der Waals surface area (Å²) in [6.07, 6.45) is 3.17. The number of amides is 1. The van der Waals surface area contributed by atoms with Crippen LogP contribution in [0.2, 0.25) is 0 Å². The zero-order chi connectivity index (χ0) is 27.9. The van der Waals surface area contributed by atoms with Crippen molar-refractivity contribution in [1.29, 1.82) is 0 Å². The number of aromatic nitrogens is 3. The van der Waals surface area contributed by atoms with E-state index in [1.807, 2.05) is 30.3 Å². The second-order valence-electron chi connectivity index (χ2n) is 10.1. The number of fused-ring (bicyclic) bond motifs is 1. The first-order chi connectivity index (χ1) is 19.3. The van der Waals surface area contributed by atoms with Crippen molar-refractivity contribution in [2.24, 2.45) is 0 Å². The fraction of sp³-hybridized carbons (Fsp3) is 0.276. The molecule has 4 heterocycles. The number of carbonyl (C=O) groups excluding carboxylic acids is 1. The van der Waals surface area contributed by atoms with E-state index in [-0.39, 0.29) is 41.5 Å². The molecule has 6 rings (SSSR count). The average Bonchev–Trinajstić information content (AvgIpc) is 3.42. The molecule has 0 radical (unpaired) electrons. The van der Waals surface area contributed by atoms with Crippen molar-refractivity contribution < 1.29 is 22.9 Å². The summed E-state index contributed by atoms with van der Waals surface area (Å²) < 4.78 is 36.9. The van der Waals surface area contributed by atoms with Crippen molar-refractivity contribution in [2.75, 3.05) is 13.1 Å². The highest BCUT2D eigenvalue weighted by molar-refractivity contribution is 7.14. The quantitative estimate of drug-likeness (QED) is 0.360. The molecule has 4 aromatic rings. The monoisotopic (exact) mass is 562 g/mol. The van der Waals surface area contributed by atoms with Gasteiger partial charge in [0.2, 0.25) is 16.9 Å². The predicted molar refractivity (Wildman–Crippen MR) is 146 cm³/mol. The molecule has 1 saturated heterocycles. The SMILES string of the molecule is C=[N+]1C(=O)c2c(OCc3ccccc3)c(=O)c(-c3nnc(Cc4ccc(F)cc4F)s3)cn2CC12CCNCC2. The first-order valence-electron chi connectivity index (χ1n) is 12.9. The summed E-state index contributed by atoms with van der Waals surface area (Å²) >= 11 is 1.14. The van der Waals surface area contributed by atoms with Crippen LogP contribution in [0.3, 0.4) is 0 Å². The van der Waals surface area contributed by atoms with Gasteiger partial charge in [-0.2, -0.15) is 4.58 Å².